The van der Waals surface area contributed by atoms with E-state index < -0.39 is 0 Å². The van der Waals surface area contributed by atoms with E-state index in [0.717, 1.165) is 26.9 Å². The van der Waals surface area contributed by atoms with Crippen LogP contribution >= 0.6 is 15.9 Å². The Kier molecular flexibility index (Phi) is 2.80. The van der Waals surface area contributed by atoms with Gasteiger partial charge in [0.15, 0.2) is 0 Å². The fraction of sp³-hybridized carbons (Fsp3) is 0.0714. The molecule has 0 saturated heterocycles. The minimum atomic E-state index is 0.830. The SMILES string of the molecule is COc1ccccc1-n1cnc2ccc(Br)cc21. The van der Waals surface area contributed by atoms with Crippen molar-refractivity contribution in [3.05, 3.63) is 53.3 Å². The number of ether oxygens (including phenoxy) is 1. The molecular formula is C14H11BrN2O. The average Bonchev–Trinajstić information content (AvgIpc) is 2.81. The fourth-order valence-electron chi connectivity index (χ4n) is 2.00. The molecule has 1 aromatic heterocycles. The predicted molar refractivity (Wildman–Crippen MR) is 75.3 cm³/mol. The van der Waals surface area contributed by atoms with Gasteiger partial charge in [-0.25, -0.2) is 4.98 Å². The summed E-state index contributed by atoms with van der Waals surface area (Å²) in [7, 11) is 1.67. The van der Waals surface area contributed by atoms with E-state index in [2.05, 4.69) is 27.0 Å². The van der Waals surface area contributed by atoms with Gasteiger partial charge in [-0.2, -0.15) is 0 Å². The fourth-order valence-corrected chi connectivity index (χ4v) is 2.35. The summed E-state index contributed by atoms with van der Waals surface area (Å²) < 4.78 is 8.45. The molecule has 0 aliphatic heterocycles. The molecule has 0 unspecified atom stereocenters. The monoisotopic (exact) mass is 302 g/mol. The molecule has 3 rings (SSSR count). The highest BCUT2D eigenvalue weighted by Crippen LogP contribution is 2.27. The van der Waals surface area contributed by atoms with Crippen molar-refractivity contribution in [3.8, 4) is 11.4 Å². The van der Waals surface area contributed by atoms with Gasteiger partial charge in [-0.15, -0.1) is 0 Å². The average molecular weight is 303 g/mol. The first-order valence-electron chi connectivity index (χ1n) is 5.55. The lowest BCUT2D eigenvalue weighted by Gasteiger charge is -2.09. The molecule has 0 atom stereocenters. The number of aromatic nitrogens is 2. The summed E-state index contributed by atoms with van der Waals surface area (Å²) in [6, 6.07) is 13.9. The number of nitrogens with zero attached hydrogens (tertiary/aromatic N) is 2. The number of halogens is 1. The number of methoxy groups -OCH3 is 1. The minimum absolute atomic E-state index is 0.830. The van der Waals surface area contributed by atoms with Crippen molar-refractivity contribution in [1.29, 1.82) is 0 Å². The van der Waals surface area contributed by atoms with Crippen LogP contribution < -0.4 is 4.74 Å². The standard InChI is InChI=1S/C14H11BrN2O/c1-18-14-5-3-2-4-12(14)17-9-16-11-7-6-10(15)8-13(11)17/h2-9H,1H3. The second-order valence-electron chi connectivity index (χ2n) is 3.92. The van der Waals surface area contributed by atoms with Gasteiger partial charge in [0, 0.05) is 4.47 Å². The lowest BCUT2D eigenvalue weighted by molar-refractivity contribution is 0.413. The van der Waals surface area contributed by atoms with Crippen molar-refractivity contribution in [2.75, 3.05) is 7.11 Å². The van der Waals surface area contributed by atoms with Crippen molar-refractivity contribution in [2.45, 2.75) is 0 Å². The van der Waals surface area contributed by atoms with Crippen LogP contribution in [0.4, 0.5) is 0 Å². The van der Waals surface area contributed by atoms with Gasteiger partial charge in [0.1, 0.15) is 12.1 Å². The maximum absolute atomic E-state index is 5.39. The second-order valence-corrected chi connectivity index (χ2v) is 4.84. The largest absolute Gasteiger partial charge is 0.495 e. The van der Waals surface area contributed by atoms with Gasteiger partial charge in [0.2, 0.25) is 0 Å². The number of hydrogen-bond donors (Lipinski definition) is 0. The molecule has 2 aromatic carbocycles. The van der Waals surface area contributed by atoms with Crippen LogP contribution in [0.5, 0.6) is 5.75 Å². The van der Waals surface area contributed by atoms with Gasteiger partial charge in [0.05, 0.1) is 23.8 Å². The maximum Gasteiger partial charge on any atom is 0.142 e. The van der Waals surface area contributed by atoms with Crippen LogP contribution in [0, 0.1) is 0 Å². The Morgan fingerprint density at radius 3 is 2.83 bits per heavy atom. The topological polar surface area (TPSA) is 27.1 Å². The van der Waals surface area contributed by atoms with Crippen molar-refractivity contribution in [1.82, 2.24) is 9.55 Å². The summed E-state index contributed by atoms with van der Waals surface area (Å²) in [5, 5.41) is 0. The predicted octanol–water partition coefficient (Wildman–Crippen LogP) is 3.80. The van der Waals surface area contributed by atoms with Crippen molar-refractivity contribution in [2.24, 2.45) is 0 Å². The minimum Gasteiger partial charge on any atom is -0.495 e. The van der Waals surface area contributed by atoms with Crippen molar-refractivity contribution in [3.63, 3.8) is 0 Å². The van der Waals surface area contributed by atoms with E-state index in [1.54, 1.807) is 7.11 Å². The van der Waals surface area contributed by atoms with Crippen molar-refractivity contribution < 1.29 is 4.74 Å². The number of fused-ring (bicyclic) bond motifs is 1. The molecule has 90 valence electrons. The third-order valence-corrected chi connectivity index (χ3v) is 3.35. The first kappa shape index (κ1) is 11.3. The molecule has 0 aliphatic rings. The Morgan fingerprint density at radius 2 is 2.00 bits per heavy atom. The van der Waals surface area contributed by atoms with Crippen molar-refractivity contribution >= 4 is 27.0 Å². The van der Waals surface area contributed by atoms with Crippen LogP contribution in [0.1, 0.15) is 0 Å². The number of benzene rings is 2. The van der Waals surface area contributed by atoms with E-state index in [1.165, 1.54) is 0 Å². The summed E-state index contributed by atoms with van der Waals surface area (Å²) in [4.78, 5) is 4.40. The molecule has 0 radical (unpaired) electrons. The summed E-state index contributed by atoms with van der Waals surface area (Å²) in [5.41, 5.74) is 3.00. The molecule has 0 saturated carbocycles. The van der Waals surface area contributed by atoms with Gasteiger partial charge in [-0.05, 0) is 30.3 Å². The van der Waals surface area contributed by atoms with Gasteiger partial charge < -0.3 is 4.74 Å². The zero-order chi connectivity index (χ0) is 12.5. The van der Waals surface area contributed by atoms with Crippen LogP contribution in [0.2, 0.25) is 0 Å². The zero-order valence-corrected chi connectivity index (χ0v) is 11.4. The van der Waals surface area contributed by atoms with E-state index in [0.29, 0.717) is 0 Å². The van der Waals surface area contributed by atoms with Crippen LogP contribution in [0.25, 0.3) is 16.7 Å². The number of rotatable bonds is 2. The molecule has 18 heavy (non-hydrogen) atoms. The van der Waals surface area contributed by atoms with Gasteiger partial charge in [0.25, 0.3) is 0 Å². The summed E-state index contributed by atoms with van der Waals surface area (Å²) >= 11 is 3.49. The first-order chi connectivity index (χ1) is 8.79. The summed E-state index contributed by atoms with van der Waals surface area (Å²) in [6.45, 7) is 0. The van der Waals surface area contributed by atoms with Crippen LogP contribution in [0.3, 0.4) is 0 Å². The first-order valence-corrected chi connectivity index (χ1v) is 6.35. The second kappa shape index (κ2) is 4.46. The molecular weight excluding hydrogens is 292 g/mol. The van der Waals surface area contributed by atoms with E-state index in [1.807, 2.05) is 47.3 Å². The number of hydrogen-bond acceptors (Lipinski definition) is 2. The molecule has 0 spiro atoms. The molecule has 0 fully saturated rings. The third-order valence-electron chi connectivity index (χ3n) is 2.85. The van der Waals surface area contributed by atoms with Gasteiger partial charge in [-0.3, -0.25) is 4.57 Å². The van der Waals surface area contributed by atoms with E-state index in [4.69, 9.17) is 4.74 Å². The summed E-state index contributed by atoms with van der Waals surface area (Å²) in [6.07, 6.45) is 1.81. The molecule has 3 aromatic rings. The highest BCUT2D eigenvalue weighted by Gasteiger charge is 2.08. The quantitative estimate of drug-likeness (QED) is 0.720. The Balaban J connectivity index is 2.28. The molecule has 0 N–H and O–H groups in total. The molecule has 3 nitrogen and oxygen atoms in total. The van der Waals surface area contributed by atoms with Gasteiger partial charge in [-0.1, -0.05) is 28.1 Å². The lowest BCUT2D eigenvalue weighted by atomic mass is 10.2. The number of para-hydroxylation sites is 2. The molecule has 0 aliphatic carbocycles. The molecule has 0 amide bonds. The molecule has 4 heteroatoms. The van der Waals surface area contributed by atoms with Gasteiger partial charge >= 0.3 is 0 Å². The van der Waals surface area contributed by atoms with Crippen LogP contribution in [-0.4, -0.2) is 16.7 Å². The Morgan fingerprint density at radius 1 is 1.17 bits per heavy atom. The Labute approximate surface area is 113 Å². The smallest absolute Gasteiger partial charge is 0.142 e. The van der Waals surface area contributed by atoms with E-state index in [9.17, 15) is 0 Å². The van der Waals surface area contributed by atoms with Crippen LogP contribution in [0.15, 0.2) is 53.3 Å². The number of imidazole rings is 1. The highest BCUT2D eigenvalue weighted by atomic mass is 79.9. The Hall–Kier alpha value is -1.81. The molecule has 1 heterocycles. The molecule has 0 bridgehead atoms. The van der Waals surface area contributed by atoms with E-state index >= 15 is 0 Å². The normalized spacial score (nSPS) is 10.8. The zero-order valence-electron chi connectivity index (χ0n) is 9.80. The Bertz CT molecular complexity index is 706. The lowest BCUT2D eigenvalue weighted by Crippen LogP contribution is -1.96. The highest BCUT2D eigenvalue weighted by molar-refractivity contribution is 9.10. The maximum atomic E-state index is 5.39. The van der Waals surface area contributed by atoms with E-state index in [-0.39, 0.29) is 0 Å². The third kappa shape index (κ3) is 1.78. The summed E-state index contributed by atoms with van der Waals surface area (Å²) in [5.74, 6) is 0.830. The van der Waals surface area contributed by atoms with Crippen LogP contribution in [-0.2, 0) is 0 Å².